The lowest BCUT2D eigenvalue weighted by atomic mass is 10.0. The average molecular weight is 414 g/mol. The van der Waals surface area contributed by atoms with Crippen molar-refractivity contribution in [3.63, 3.8) is 0 Å². The second-order valence-electron chi connectivity index (χ2n) is 8.16. The number of rotatable bonds is 8. The van der Waals surface area contributed by atoms with Gasteiger partial charge in [0, 0.05) is 7.11 Å². The minimum atomic E-state index is -1.02. The molecule has 162 valence electrons. The van der Waals surface area contributed by atoms with Crippen LogP contribution in [0.2, 0.25) is 0 Å². The molecule has 0 spiro atoms. The number of ether oxygens (including phenoxy) is 6. The third-order valence-electron chi connectivity index (χ3n) is 5.51. The first-order valence-corrected chi connectivity index (χ1v) is 10.3. The molecule has 6 heteroatoms. The van der Waals surface area contributed by atoms with E-state index in [1.807, 2.05) is 74.5 Å². The van der Waals surface area contributed by atoms with Crippen LogP contribution in [0.1, 0.15) is 25.0 Å². The molecule has 0 bridgehead atoms. The summed E-state index contributed by atoms with van der Waals surface area (Å²) in [5.41, 5.74) is 2.19. The molecule has 0 saturated carbocycles. The van der Waals surface area contributed by atoms with Crippen LogP contribution >= 0.6 is 0 Å². The molecule has 2 aromatic carbocycles. The first kappa shape index (κ1) is 21.4. The van der Waals surface area contributed by atoms with Gasteiger partial charge in [-0.3, -0.25) is 0 Å². The Bertz CT molecular complexity index is 796. The summed E-state index contributed by atoms with van der Waals surface area (Å²) in [7, 11) is 1.61. The molecule has 2 heterocycles. The van der Waals surface area contributed by atoms with Gasteiger partial charge in [-0.25, -0.2) is 0 Å². The van der Waals surface area contributed by atoms with E-state index in [0.29, 0.717) is 19.8 Å². The highest BCUT2D eigenvalue weighted by Gasteiger charge is 2.62. The van der Waals surface area contributed by atoms with E-state index in [1.165, 1.54) is 0 Å². The van der Waals surface area contributed by atoms with Crippen LogP contribution in [0.15, 0.2) is 60.7 Å². The smallest absolute Gasteiger partial charge is 0.222 e. The fourth-order valence-corrected chi connectivity index (χ4v) is 3.90. The second kappa shape index (κ2) is 9.14. The highest BCUT2D eigenvalue weighted by molar-refractivity contribution is 5.14. The topological polar surface area (TPSA) is 55.4 Å². The number of hydrogen-bond donors (Lipinski definition) is 0. The molecular weight excluding hydrogens is 384 g/mol. The van der Waals surface area contributed by atoms with Crippen molar-refractivity contribution in [3.05, 3.63) is 71.8 Å². The minimum absolute atomic E-state index is 0.265. The normalized spacial score (nSPS) is 30.2. The number of fused-ring (bicyclic) bond motifs is 1. The van der Waals surface area contributed by atoms with Gasteiger partial charge in [0.25, 0.3) is 0 Å². The van der Waals surface area contributed by atoms with Crippen molar-refractivity contribution in [1.82, 2.24) is 0 Å². The van der Waals surface area contributed by atoms with Crippen LogP contribution in [0.25, 0.3) is 0 Å². The lowest BCUT2D eigenvalue weighted by molar-refractivity contribution is -0.385. The van der Waals surface area contributed by atoms with Crippen LogP contribution in [0.4, 0.5) is 0 Å². The SMILES string of the molecule is CO[C@]12COC(C)(C)O[C@H]1[C@H](OCc1ccccc1)[C@@H](COCc1ccccc1)O2. The maximum atomic E-state index is 6.33. The van der Waals surface area contributed by atoms with E-state index >= 15 is 0 Å². The van der Waals surface area contributed by atoms with Gasteiger partial charge in [-0.05, 0) is 25.0 Å². The van der Waals surface area contributed by atoms with Crippen molar-refractivity contribution in [2.24, 2.45) is 0 Å². The molecule has 0 amide bonds. The molecule has 2 fully saturated rings. The van der Waals surface area contributed by atoms with Crippen LogP contribution in [-0.2, 0) is 41.6 Å². The molecular formula is C24H30O6. The average Bonchev–Trinajstić information content (AvgIpc) is 3.06. The summed E-state index contributed by atoms with van der Waals surface area (Å²) in [6, 6.07) is 20.1. The van der Waals surface area contributed by atoms with E-state index in [1.54, 1.807) is 7.11 Å². The molecule has 2 aromatic rings. The van der Waals surface area contributed by atoms with Gasteiger partial charge in [-0.2, -0.15) is 0 Å². The fraction of sp³-hybridized carbons (Fsp3) is 0.500. The van der Waals surface area contributed by atoms with Crippen molar-refractivity contribution < 1.29 is 28.4 Å². The minimum Gasteiger partial charge on any atom is -0.374 e. The third kappa shape index (κ3) is 4.75. The Kier molecular flexibility index (Phi) is 6.53. The van der Waals surface area contributed by atoms with Gasteiger partial charge >= 0.3 is 0 Å². The van der Waals surface area contributed by atoms with Crippen LogP contribution in [0.5, 0.6) is 0 Å². The van der Waals surface area contributed by atoms with E-state index in [0.717, 1.165) is 11.1 Å². The number of hydrogen-bond acceptors (Lipinski definition) is 6. The second-order valence-corrected chi connectivity index (χ2v) is 8.16. The molecule has 0 aromatic heterocycles. The van der Waals surface area contributed by atoms with Gasteiger partial charge in [0.1, 0.15) is 24.9 Å². The first-order chi connectivity index (χ1) is 14.5. The molecule has 0 N–H and O–H groups in total. The lowest BCUT2D eigenvalue weighted by Crippen LogP contribution is -2.59. The number of methoxy groups -OCH3 is 1. The molecule has 0 unspecified atom stereocenters. The zero-order valence-electron chi connectivity index (χ0n) is 17.8. The quantitative estimate of drug-likeness (QED) is 0.657. The number of benzene rings is 2. The summed E-state index contributed by atoms with van der Waals surface area (Å²) in [4.78, 5) is 0. The molecule has 0 aliphatic carbocycles. The summed E-state index contributed by atoms with van der Waals surface area (Å²) < 4.78 is 36.5. The van der Waals surface area contributed by atoms with Gasteiger partial charge in [0.2, 0.25) is 5.79 Å². The Morgan fingerprint density at radius 3 is 2.17 bits per heavy atom. The van der Waals surface area contributed by atoms with E-state index in [4.69, 9.17) is 28.4 Å². The van der Waals surface area contributed by atoms with Crippen molar-refractivity contribution in [2.75, 3.05) is 20.3 Å². The standard InChI is InChI=1S/C24H30O6/c1-23(2)28-17-24(25-3)22(30-23)21(27-15-19-12-8-5-9-13-19)20(29-24)16-26-14-18-10-6-4-7-11-18/h4-13,20-22H,14-17H2,1-3H3/t20-,21-,22+,24+/m1/s1. The van der Waals surface area contributed by atoms with E-state index < -0.39 is 17.7 Å². The Morgan fingerprint density at radius 2 is 1.53 bits per heavy atom. The largest absolute Gasteiger partial charge is 0.374 e. The van der Waals surface area contributed by atoms with E-state index in [-0.39, 0.29) is 18.8 Å². The predicted octanol–water partition coefficient (Wildman–Crippen LogP) is 3.68. The molecule has 2 aliphatic heterocycles. The molecule has 6 nitrogen and oxygen atoms in total. The van der Waals surface area contributed by atoms with Gasteiger partial charge in [0.15, 0.2) is 5.79 Å². The van der Waals surface area contributed by atoms with Gasteiger partial charge < -0.3 is 28.4 Å². The summed E-state index contributed by atoms with van der Waals surface area (Å²) in [6.45, 7) is 5.35. The van der Waals surface area contributed by atoms with Crippen LogP contribution in [0, 0.1) is 0 Å². The molecule has 4 rings (SSSR count). The molecule has 2 aliphatic rings. The van der Waals surface area contributed by atoms with Crippen molar-refractivity contribution in [1.29, 1.82) is 0 Å². The zero-order chi connectivity index (χ0) is 21.0. The van der Waals surface area contributed by atoms with Gasteiger partial charge in [0.05, 0.1) is 19.8 Å². The fourth-order valence-electron chi connectivity index (χ4n) is 3.90. The van der Waals surface area contributed by atoms with Crippen molar-refractivity contribution in [2.45, 2.75) is 56.9 Å². The molecule has 2 saturated heterocycles. The maximum Gasteiger partial charge on any atom is 0.222 e. The summed E-state index contributed by atoms with van der Waals surface area (Å²) >= 11 is 0. The summed E-state index contributed by atoms with van der Waals surface area (Å²) in [6.07, 6.45) is -1.13. The van der Waals surface area contributed by atoms with Gasteiger partial charge in [-0.15, -0.1) is 0 Å². The predicted molar refractivity (Wildman–Crippen MR) is 111 cm³/mol. The maximum absolute atomic E-state index is 6.33. The monoisotopic (exact) mass is 414 g/mol. The molecule has 4 atom stereocenters. The summed E-state index contributed by atoms with van der Waals surface area (Å²) in [5, 5.41) is 0. The van der Waals surface area contributed by atoms with Crippen LogP contribution in [0.3, 0.4) is 0 Å². The molecule has 0 radical (unpaired) electrons. The Morgan fingerprint density at radius 1 is 0.900 bits per heavy atom. The summed E-state index contributed by atoms with van der Waals surface area (Å²) in [5.74, 6) is -1.76. The third-order valence-corrected chi connectivity index (χ3v) is 5.51. The highest BCUT2D eigenvalue weighted by Crippen LogP contribution is 2.43. The Labute approximate surface area is 178 Å². The van der Waals surface area contributed by atoms with E-state index in [9.17, 15) is 0 Å². The van der Waals surface area contributed by atoms with Crippen molar-refractivity contribution in [3.8, 4) is 0 Å². The molecule has 30 heavy (non-hydrogen) atoms. The van der Waals surface area contributed by atoms with Crippen LogP contribution in [-0.4, -0.2) is 50.2 Å². The first-order valence-electron chi connectivity index (χ1n) is 10.3. The van der Waals surface area contributed by atoms with Crippen LogP contribution < -0.4 is 0 Å². The lowest BCUT2D eigenvalue weighted by Gasteiger charge is -2.44. The van der Waals surface area contributed by atoms with E-state index in [2.05, 4.69) is 0 Å². The Balaban J connectivity index is 1.48. The zero-order valence-corrected chi connectivity index (χ0v) is 17.8. The highest BCUT2D eigenvalue weighted by atomic mass is 16.8. The Hall–Kier alpha value is -1.80. The van der Waals surface area contributed by atoms with Gasteiger partial charge in [-0.1, -0.05) is 60.7 Å². The van der Waals surface area contributed by atoms with Crippen molar-refractivity contribution >= 4 is 0 Å².